The maximum Gasteiger partial charge on any atom is 0.200 e. The molecule has 1 rings (SSSR count). The third-order valence-electron chi connectivity index (χ3n) is 1.68. The molecule has 64 valence electrons. The molecule has 0 fully saturated rings. The van der Waals surface area contributed by atoms with Crippen molar-refractivity contribution in [3.8, 4) is 5.75 Å². The van der Waals surface area contributed by atoms with Crippen molar-refractivity contribution in [2.45, 2.75) is 6.82 Å². The number of hydrogen-bond donors (Lipinski definition) is 0. The van der Waals surface area contributed by atoms with Gasteiger partial charge in [-0.05, 0) is 12.1 Å². The van der Waals surface area contributed by atoms with E-state index in [2.05, 4.69) is 4.74 Å². The molecule has 0 aliphatic rings. The second-order valence-electron chi connectivity index (χ2n) is 2.45. The van der Waals surface area contributed by atoms with E-state index in [-0.39, 0.29) is 5.75 Å². The molecule has 0 unspecified atom stereocenters. The predicted octanol–water partition coefficient (Wildman–Crippen LogP) is 1.08. The Kier molecular flexibility index (Phi) is 2.68. The van der Waals surface area contributed by atoms with Crippen LogP contribution in [0, 0.1) is 11.6 Å². The highest BCUT2D eigenvalue weighted by Crippen LogP contribution is 2.16. The summed E-state index contributed by atoms with van der Waals surface area (Å²) in [6.07, 6.45) is 0. The van der Waals surface area contributed by atoms with Crippen LogP contribution < -0.4 is 10.2 Å². The summed E-state index contributed by atoms with van der Waals surface area (Å²) < 4.78 is 30.2. The monoisotopic (exact) mass is 170 g/mol. The minimum absolute atomic E-state index is 0.0353. The van der Waals surface area contributed by atoms with Crippen molar-refractivity contribution in [2.24, 2.45) is 0 Å². The summed E-state index contributed by atoms with van der Waals surface area (Å²) in [6.45, 7) is 1.87. The van der Waals surface area contributed by atoms with E-state index in [1.54, 1.807) is 0 Å². The van der Waals surface area contributed by atoms with Crippen LogP contribution in [0.2, 0.25) is 6.82 Å². The minimum atomic E-state index is -0.922. The largest absolute Gasteiger partial charge is 0.494 e. The SMILES string of the molecule is CBc1cc(F)c(F)c(OC)c1. The van der Waals surface area contributed by atoms with Crippen LogP contribution in [0.4, 0.5) is 8.78 Å². The second kappa shape index (κ2) is 3.56. The Balaban J connectivity index is 3.19. The Labute approximate surface area is 70.6 Å². The van der Waals surface area contributed by atoms with Crippen molar-refractivity contribution in [1.82, 2.24) is 0 Å². The average molecular weight is 170 g/mol. The topological polar surface area (TPSA) is 9.23 Å². The molecule has 0 aliphatic heterocycles. The van der Waals surface area contributed by atoms with Crippen molar-refractivity contribution >= 4 is 12.7 Å². The molecule has 4 heteroatoms. The highest BCUT2D eigenvalue weighted by molar-refractivity contribution is 6.51. The van der Waals surface area contributed by atoms with Gasteiger partial charge in [-0.2, -0.15) is 4.39 Å². The summed E-state index contributed by atoms with van der Waals surface area (Å²) in [7, 11) is 1.98. The predicted molar refractivity (Wildman–Crippen MR) is 45.6 cm³/mol. The van der Waals surface area contributed by atoms with Crippen LogP contribution in [0.3, 0.4) is 0 Å². The molecule has 0 bridgehead atoms. The number of benzene rings is 1. The lowest BCUT2D eigenvalue weighted by atomic mass is 9.73. The molecule has 12 heavy (non-hydrogen) atoms. The zero-order valence-corrected chi connectivity index (χ0v) is 7.03. The first-order chi connectivity index (χ1) is 5.69. The molecule has 1 nitrogen and oxygen atoms in total. The van der Waals surface area contributed by atoms with E-state index < -0.39 is 11.6 Å². The van der Waals surface area contributed by atoms with E-state index in [0.717, 1.165) is 5.46 Å². The molecule has 0 radical (unpaired) electrons. The van der Waals surface area contributed by atoms with E-state index in [1.807, 2.05) is 6.82 Å². The van der Waals surface area contributed by atoms with Crippen LogP contribution >= 0.6 is 0 Å². The van der Waals surface area contributed by atoms with Crippen LogP contribution in [0.15, 0.2) is 12.1 Å². The summed E-state index contributed by atoms with van der Waals surface area (Å²) in [4.78, 5) is 0. The fourth-order valence-corrected chi connectivity index (χ4v) is 0.970. The Hall–Kier alpha value is -1.06. The molecule has 0 aliphatic carbocycles. The molecule has 0 atom stereocenters. The average Bonchev–Trinajstić information content (AvgIpc) is 2.09. The molecular weight excluding hydrogens is 161 g/mol. The first-order valence-corrected chi connectivity index (χ1v) is 3.71. The lowest BCUT2D eigenvalue weighted by molar-refractivity contribution is 0.372. The number of halogens is 2. The van der Waals surface area contributed by atoms with Gasteiger partial charge in [-0.25, -0.2) is 4.39 Å². The lowest BCUT2D eigenvalue weighted by Crippen LogP contribution is -2.12. The molecule has 1 aromatic rings. The third kappa shape index (κ3) is 1.57. The van der Waals surface area contributed by atoms with Crippen molar-refractivity contribution < 1.29 is 13.5 Å². The van der Waals surface area contributed by atoms with Gasteiger partial charge in [-0.1, -0.05) is 12.3 Å². The van der Waals surface area contributed by atoms with Crippen LogP contribution in [0.25, 0.3) is 0 Å². The van der Waals surface area contributed by atoms with E-state index in [1.165, 1.54) is 19.2 Å². The Morgan fingerprint density at radius 2 is 2.00 bits per heavy atom. The molecule has 1 aromatic carbocycles. The van der Waals surface area contributed by atoms with Crippen molar-refractivity contribution in [1.29, 1.82) is 0 Å². The maximum absolute atomic E-state index is 12.8. The summed E-state index contributed by atoms with van der Waals surface area (Å²) in [5.41, 5.74) is 0.728. The molecule has 0 amide bonds. The fourth-order valence-electron chi connectivity index (χ4n) is 0.970. The van der Waals surface area contributed by atoms with Gasteiger partial charge < -0.3 is 4.74 Å². The van der Waals surface area contributed by atoms with Crippen molar-refractivity contribution in [3.63, 3.8) is 0 Å². The second-order valence-corrected chi connectivity index (χ2v) is 2.45. The zero-order chi connectivity index (χ0) is 9.14. The van der Waals surface area contributed by atoms with Crippen LogP contribution in [0.1, 0.15) is 0 Å². The Morgan fingerprint density at radius 1 is 1.33 bits per heavy atom. The standard InChI is InChI=1S/C8H9BF2O/c1-9-5-3-6(10)8(11)7(4-5)12-2/h3-4,9H,1-2H3. The van der Waals surface area contributed by atoms with Crippen molar-refractivity contribution in [2.75, 3.05) is 7.11 Å². The summed E-state index contributed by atoms with van der Waals surface area (Å²) in [5, 5.41) is 0. The van der Waals surface area contributed by atoms with E-state index in [0.29, 0.717) is 7.28 Å². The highest BCUT2D eigenvalue weighted by atomic mass is 19.2. The van der Waals surface area contributed by atoms with Crippen LogP contribution in [0.5, 0.6) is 5.75 Å². The van der Waals surface area contributed by atoms with Gasteiger partial charge in [0.05, 0.1) is 7.11 Å². The zero-order valence-electron chi connectivity index (χ0n) is 7.03. The molecule has 0 heterocycles. The van der Waals surface area contributed by atoms with Crippen LogP contribution in [-0.4, -0.2) is 14.4 Å². The van der Waals surface area contributed by atoms with Gasteiger partial charge >= 0.3 is 0 Å². The molecule has 0 N–H and O–H groups in total. The van der Waals surface area contributed by atoms with Gasteiger partial charge in [-0.3, -0.25) is 0 Å². The number of ether oxygens (including phenoxy) is 1. The number of hydrogen-bond acceptors (Lipinski definition) is 1. The smallest absolute Gasteiger partial charge is 0.200 e. The quantitative estimate of drug-likeness (QED) is 0.603. The third-order valence-corrected chi connectivity index (χ3v) is 1.68. The molecule has 0 spiro atoms. The highest BCUT2D eigenvalue weighted by Gasteiger charge is 2.09. The first-order valence-electron chi connectivity index (χ1n) is 3.71. The van der Waals surface area contributed by atoms with E-state index in [9.17, 15) is 8.78 Å². The normalized spacial score (nSPS) is 9.67. The van der Waals surface area contributed by atoms with Gasteiger partial charge in [0.2, 0.25) is 5.82 Å². The van der Waals surface area contributed by atoms with E-state index in [4.69, 9.17) is 0 Å². The molecule has 0 aromatic heterocycles. The lowest BCUT2D eigenvalue weighted by Gasteiger charge is -2.04. The Morgan fingerprint density at radius 3 is 2.50 bits per heavy atom. The fraction of sp³-hybridized carbons (Fsp3) is 0.250. The minimum Gasteiger partial charge on any atom is -0.494 e. The Bertz CT molecular complexity index is 289. The van der Waals surface area contributed by atoms with Crippen molar-refractivity contribution in [3.05, 3.63) is 23.8 Å². The van der Waals surface area contributed by atoms with Gasteiger partial charge in [0.25, 0.3) is 0 Å². The van der Waals surface area contributed by atoms with Gasteiger partial charge in [0, 0.05) is 0 Å². The maximum atomic E-state index is 12.8. The first kappa shape index (κ1) is 9.04. The summed E-state index contributed by atoms with van der Waals surface area (Å²) in [6, 6.07) is 2.68. The van der Waals surface area contributed by atoms with E-state index >= 15 is 0 Å². The molecule has 0 saturated carbocycles. The molecular formula is C8H9BF2O. The van der Waals surface area contributed by atoms with Gasteiger partial charge in [0.1, 0.15) is 0 Å². The number of rotatable bonds is 2. The summed E-state index contributed by atoms with van der Waals surface area (Å²) >= 11 is 0. The summed E-state index contributed by atoms with van der Waals surface area (Å²) in [5.74, 6) is -1.81. The van der Waals surface area contributed by atoms with Crippen LogP contribution in [-0.2, 0) is 0 Å². The number of methoxy groups -OCH3 is 1. The van der Waals surface area contributed by atoms with Gasteiger partial charge in [-0.15, -0.1) is 0 Å². The molecule has 0 saturated heterocycles. The van der Waals surface area contributed by atoms with Gasteiger partial charge in [0.15, 0.2) is 18.8 Å².